The van der Waals surface area contributed by atoms with E-state index in [-0.39, 0.29) is 28.9 Å². The van der Waals surface area contributed by atoms with E-state index in [1.807, 2.05) is 6.92 Å². The Morgan fingerprint density at radius 2 is 2.07 bits per heavy atom. The molecular formula is C21H34N4O2Si. The van der Waals surface area contributed by atoms with Crippen molar-refractivity contribution in [2.45, 2.75) is 83.7 Å². The molecule has 0 aromatic carbocycles. The lowest BCUT2D eigenvalue weighted by Crippen LogP contribution is -2.55. The van der Waals surface area contributed by atoms with Crippen LogP contribution < -0.4 is 5.73 Å². The van der Waals surface area contributed by atoms with Gasteiger partial charge in [0.15, 0.2) is 14.1 Å². The lowest BCUT2D eigenvalue weighted by Gasteiger charge is -2.51. The SMILES string of the molecule is CC(=NC1CC(C)(O[Si](C)(C)C(C)(C)C)C1)C(=CN)C(=O)Cc1ccncn1. The third-order valence-electron chi connectivity index (χ3n) is 5.86. The molecule has 0 unspecified atom stereocenters. The van der Waals surface area contributed by atoms with Crippen LogP contribution in [-0.4, -0.2) is 41.4 Å². The number of nitrogens with zero attached hydrogens (tertiary/aromatic N) is 3. The average molecular weight is 403 g/mol. The standard InChI is InChI=1S/C21H34N4O2Si/c1-15(18(13-22)19(26)10-16-8-9-23-14-24-16)25-17-11-21(5,12-17)27-28(6,7)20(2,3)4/h8-9,13-14,17H,10-12,22H2,1-7H3. The predicted molar refractivity (Wildman–Crippen MR) is 116 cm³/mol. The normalized spacial score (nSPS) is 24.0. The molecule has 1 saturated carbocycles. The number of ketones is 1. The average Bonchev–Trinajstić information content (AvgIpc) is 2.53. The van der Waals surface area contributed by atoms with Crippen molar-refractivity contribution < 1.29 is 9.22 Å². The Balaban J connectivity index is 1.99. The summed E-state index contributed by atoms with van der Waals surface area (Å²) in [6, 6.07) is 1.89. The largest absolute Gasteiger partial charge is 0.411 e. The summed E-state index contributed by atoms with van der Waals surface area (Å²) < 4.78 is 6.60. The molecule has 0 bridgehead atoms. The highest BCUT2D eigenvalue weighted by atomic mass is 28.4. The Kier molecular flexibility index (Phi) is 6.61. The van der Waals surface area contributed by atoms with E-state index in [1.165, 1.54) is 12.5 Å². The molecule has 1 aliphatic rings. The number of Topliss-reactive ketones (excluding diaryl/α,β-unsaturated/α-hetero) is 1. The van der Waals surface area contributed by atoms with Gasteiger partial charge < -0.3 is 10.2 Å². The van der Waals surface area contributed by atoms with E-state index in [1.54, 1.807) is 12.3 Å². The summed E-state index contributed by atoms with van der Waals surface area (Å²) in [5, 5.41) is 0.184. The van der Waals surface area contributed by atoms with Gasteiger partial charge in [0.05, 0.1) is 29.3 Å². The molecule has 6 nitrogen and oxygen atoms in total. The van der Waals surface area contributed by atoms with Crippen molar-refractivity contribution in [3.05, 3.63) is 36.1 Å². The van der Waals surface area contributed by atoms with Gasteiger partial charge in [-0.3, -0.25) is 9.79 Å². The van der Waals surface area contributed by atoms with E-state index < -0.39 is 8.32 Å². The molecule has 0 amide bonds. The van der Waals surface area contributed by atoms with E-state index in [9.17, 15) is 4.79 Å². The van der Waals surface area contributed by atoms with Gasteiger partial charge in [-0.2, -0.15) is 0 Å². The van der Waals surface area contributed by atoms with Crippen LogP contribution in [0, 0.1) is 0 Å². The fraction of sp³-hybridized carbons (Fsp3) is 0.619. The second-order valence-corrected chi connectivity index (χ2v) is 14.2. The lowest BCUT2D eigenvalue weighted by atomic mass is 9.77. The first-order valence-electron chi connectivity index (χ1n) is 9.82. The van der Waals surface area contributed by atoms with Crippen molar-refractivity contribution in [1.29, 1.82) is 0 Å². The minimum absolute atomic E-state index is 0.0814. The summed E-state index contributed by atoms with van der Waals surface area (Å²) >= 11 is 0. The zero-order valence-electron chi connectivity index (χ0n) is 18.2. The maximum Gasteiger partial charge on any atom is 0.192 e. The quantitative estimate of drug-likeness (QED) is 0.425. The number of aromatic nitrogens is 2. The lowest BCUT2D eigenvalue weighted by molar-refractivity contribution is -0.114. The van der Waals surface area contributed by atoms with Gasteiger partial charge in [0.2, 0.25) is 0 Å². The van der Waals surface area contributed by atoms with Crippen LogP contribution in [0.1, 0.15) is 53.2 Å². The second-order valence-electron chi connectivity index (χ2n) is 9.47. The highest BCUT2D eigenvalue weighted by molar-refractivity contribution is 6.74. The van der Waals surface area contributed by atoms with E-state index in [2.05, 4.69) is 50.8 Å². The number of hydrogen-bond donors (Lipinski definition) is 1. The van der Waals surface area contributed by atoms with Crippen LogP contribution >= 0.6 is 0 Å². The molecule has 1 aromatic rings. The molecule has 7 heteroatoms. The number of carbonyl (C=O) groups excluding carboxylic acids is 1. The van der Waals surface area contributed by atoms with Crippen molar-refractivity contribution in [2.75, 3.05) is 0 Å². The van der Waals surface area contributed by atoms with Gasteiger partial charge in [-0.05, 0) is 50.9 Å². The van der Waals surface area contributed by atoms with Crippen LogP contribution in [0.4, 0.5) is 0 Å². The summed E-state index contributed by atoms with van der Waals surface area (Å²) in [6.45, 7) is 15.3. The molecule has 154 valence electrons. The number of hydrogen-bond acceptors (Lipinski definition) is 6. The highest BCUT2D eigenvalue weighted by Crippen LogP contribution is 2.46. The van der Waals surface area contributed by atoms with Gasteiger partial charge in [0.25, 0.3) is 0 Å². The second kappa shape index (κ2) is 8.25. The molecule has 2 N–H and O–H groups in total. The maximum atomic E-state index is 12.6. The molecule has 1 aromatic heterocycles. The third-order valence-corrected chi connectivity index (χ3v) is 10.5. The molecule has 0 aliphatic heterocycles. The monoisotopic (exact) mass is 402 g/mol. The van der Waals surface area contributed by atoms with Crippen molar-refractivity contribution in [3.63, 3.8) is 0 Å². The van der Waals surface area contributed by atoms with Crippen LogP contribution in [0.3, 0.4) is 0 Å². The van der Waals surface area contributed by atoms with Crippen LogP contribution in [0.2, 0.25) is 18.1 Å². The Hall–Kier alpha value is -1.86. The molecule has 0 atom stereocenters. The number of nitrogens with two attached hydrogens (primary N) is 1. The summed E-state index contributed by atoms with van der Waals surface area (Å²) in [4.78, 5) is 25.3. The van der Waals surface area contributed by atoms with Gasteiger partial charge in [0, 0.05) is 18.1 Å². The molecule has 0 radical (unpaired) electrons. The van der Waals surface area contributed by atoms with Gasteiger partial charge >= 0.3 is 0 Å². The topological polar surface area (TPSA) is 90.5 Å². The summed E-state index contributed by atoms with van der Waals surface area (Å²) in [7, 11) is -1.82. The molecule has 0 spiro atoms. The number of rotatable bonds is 7. The molecule has 0 saturated heterocycles. The molecule has 28 heavy (non-hydrogen) atoms. The molecule has 1 fully saturated rings. The van der Waals surface area contributed by atoms with Crippen LogP contribution in [-0.2, 0) is 15.6 Å². The summed E-state index contributed by atoms with van der Waals surface area (Å²) in [6.07, 6.45) is 6.35. The number of carbonyl (C=O) groups is 1. The minimum Gasteiger partial charge on any atom is -0.411 e. The smallest absolute Gasteiger partial charge is 0.192 e. The van der Waals surface area contributed by atoms with E-state index in [4.69, 9.17) is 15.2 Å². The van der Waals surface area contributed by atoms with E-state index >= 15 is 0 Å². The van der Waals surface area contributed by atoms with Crippen LogP contribution in [0.15, 0.2) is 35.4 Å². The first kappa shape index (κ1) is 22.4. The zero-order chi connectivity index (χ0) is 21.2. The molecule has 1 heterocycles. The van der Waals surface area contributed by atoms with Gasteiger partial charge in [-0.1, -0.05) is 20.8 Å². The molecule has 2 rings (SSSR count). The molecule has 1 aliphatic carbocycles. The van der Waals surface area contributed by atoms with Gasteiger partial charge in [-0.25, -0.2) is 9.97 Å². The summed E-state index contributed by atoms with van der Waals surface area (Å²) in [5.74, 6) is -0.0814. The van der Waals surface area contributed by atoms with Crippen molar-refractivity contribution in [3.8, 4) is 0 Å². The Bertz CT molecular complexity index is 760. The van der Waals surface area contributed by atoms with E-state index in [0.717, 1.165) is 12.8 Å². The van der Waals surface area contributed by atoms with E-state index in [0.29, 0.717) is 17.0 Å². The van der Waals surface area contributed by atoms with Crippen LogP contribution in [0.25, 0.3) is 0 Å². The number of aliphatic imine (C=N–C) groups is 1. The summed E-state index contributed by atoms with van der Waals surface area (Å²) in [5.41, 5.74) is 7.41. The minimum atomic E-state index is -1.82. The zero-order valence-corrected chi connectivity index (χ0v) is 19.2. The van der Waals surface area contributed by atoms with Crippen molar-refractivity contribution in [2.24, 2.45) is 10.7 Å². The van der Waals surface area contributed by atoms with Crippen molar-refractivity contribution >= 4 is 19.8 Å². The predicted octanol–water partition coefficient (Wildman–Crippen LogP) is 3.83. The molecular weight excluding hydrogens is 368 g/mol. The first-order valence-corrected chi connectivity index (χ1v) is 12.7. The van der Waals surface area contributed by atoms with Crippen molar-refractivity contribution in [1.82, 2.24) is 9.97 Å². The first-order chi connectivity index (χ1) is 12.9. The Morgan fingerprint density at radius 3 is 2.57 bits per heavy atom. The Labute approximate surface area is 169 Å². The van der Waals surface area contributed by atoms with Gasteiger partial charge in [0.1, 0.15) is 6.33 Å². The fourth-order valence-corrected chi connectivity index (χ4v) is 5.03. The maximum absolute atomic E-state index is 12.6. The number of allylic oxidation sites excluding steroid dienone is 1. The fourth-order valence-electron chi connectivity index (χ4n) is 3.32. The van der Waals surface area contributed by atoms with Crippen LogP contribution in [0.5, 0.6) is 0 Å². The Morgan fingerprint density at radius 1 is 1.43 bits per heavy atom. The highest BCUT2D eigenvalue weighted by Gasteiger charge is 2.48. The van der Waals surface area contributed by atoms with Gasteiger partial charge in [-0.15, -0.1) is 0 Å². The third kappa shape index (κ3) is 5.35.